The summed E-state index contributed by atoms with van der Waals surface area (Å²) in [6.07, 6.45) is 0. The predicted molar refractivity (Wildman–Crippen MR) is 71.0 cm³/mol. The van der Waals surface area contributed by atoms with E-state index in [4.69, 9.17) is 11.6 Å². The van der Waals surface area contributed by atoms with Gasteiger partial charge in [0.1, 0.15) is 0 Å². The maximum absolute atomic E-state index is 5.88. The van der Waals surface area contributed by atoms with Crippen molar-refractivity contribution in [2.45, 2.75) is 19.5 Å². The van der Waals surface area contributed by atoms with Crippen molar-refractivity contribution in [3.05, 3.63) is 57.2 Å². The topological polar surface area (TPSA) is 12.0 Å². The monoisotopic (exact) mass is 251 g/mol. The number of benzene rings is 1. The van der Waals surface area contributed by atoms with Crippen molar-refractivity contribution in [3.8, 4) is 0 Å². The normalized spacial score (nSPS) is 12.6. The molecular formula is C13H14ClNS. The molecule has 3 heteroatoms. The molecule has 0 aliphatic rings. The highest BCUT2D eigenvalue weighted by molar-refractivity contribution is 7.16. The zero-order valence-corrected chi connectivity index (χ0v) is 10.7. The van der Waals surface area contributed by atoms with Crippen LogP contribution >= 0.6 is 22.9 Å². The molecule has 1 atom stereocenters. The van der Waals surface area contributed by atoms with Gasteiger partial charge < -0.3 is 5.32 Å². The Morgan fingerprint density at radius 3 is 2.56 bits per heavy atom. The fourth-order valence-electron chi connectivity index (χ4n) is 1.56. The van der Waals surface area contributed by atoms with Crippen molar-refractivity contribution >= 4 is 22.9 Å². The average molecular weight is 252 g/mol. The first-order chi connectivity index (χ1) is 7.75. The summed E-state index contributed by atoms with van der Waals surface area (Å²) in [6, 6.07) is 14.8. The van der Waals surface area contributed by atoms with Crippen LogP contribution in [0.25, 0.3) is 0 Å². The van der Waals surface area contributed by atoms with E-state index in [2.05, 4.69) is 42.6 Å². The highest BCUT2D eigenvalue weighted by Gasteiger charge is 2.04. The van der Waals surface area contributed by atoms with Crippen molar-refractivity contribution in [1.29, 1.82) is 0 Å². The van der Waals surface area contributed by atoms with E-state index >= 15 is 0 Å². The molecule has 0 aliphatic carbocycles. The molecule has 1 aromatic carbocycles. The molecule has 0 spiro atoms. The molecule has 0 fully saturated rings. The number of hydrogen-bond acceptors (Lipinski definition) is 2. The number of rotatable bonds is 4. The molecule has 0 radical (unpaired) electrons. The first-order valence-electron chi connectivity index (χ1n) is 5.28. The lowest BCUT2D eigenvalue weighted by molar-refractivity contribution is 0.579. The molecule has 1 aromatic heterocycles. The minimum absolute atomic E-state index is 0.363. The summed E-state index contributed by atoms with van der Waals surface area (Å²) in [6.45, 7) is 3.04. The van der Waals surface area contributed by atoms with Crippen LogP contribution in [0.1, 0.15) is 23.4 Å². The highest BCUT2D eigenvalue weighted by atomic mass is 35.5. The molecule has 1 nitrogen and oxygen atoms in total. The third-order valence-electron chi connectivity index (χ3n) is 2.51. The SMILES string of the molecule is C[C@H](NCc1ccc(Cl)s1)c1ccccc1. The second kappa shape index (κ2) is 5.48. The largest absolute Gasteiger partial charge is 0.305 e. The van der Waals surface area contributed by atoms with Crippen molar-refractivity contribution in [2.75, 3.05) is 0 Å². The van der Waals surface area contributed by atoms with Crippen LogP contribution < -0.4 is 5.32 Å². The summed E-state index contributed by atoms with van der Waals surface area (Å²) in [5.41, 5.74) is 1.31. The van der Waals surface area contributed by atoms with Gasteiger partial charge in [0.2, 0.25) is 0 Å². The molecule has 0 amide bonds. The van der Waals surface area contributed by atoms with Crippen LogP contribution in [0.2, 0.25) is 4.34 Å². The van der Waals surface area contributed by atoms with Gasteiger partial charge in [0, 0.05) is 17.5 Å². The van der Waals surface area contributed by atoms with Gasteiger partial charge in [0.05, 0.1) is 4.34 Å². The second-order valence-corrected chi connectivity index (χ2v) is 5.52. The molecule has 16 heavy (non-hydrogen) atoms. The molecule has 0 saturated carbocycles. The maximum atomic E-state index is 5.88. The Morgan fingerprint density at radius 2 is 1.94 bits per heavy atom. The molecular weight excluding hydrogens is 238 g/mol. The average Bonchev–Trinajstić information content (AvgIpc) is 2.73. The lowest BCUT2D eigenvalue weighted by Gasteiger charge is -2.13. The third kappa shape index (κ3) is 3.08. The van der Waals surface area contributed by atoms with Crippen molar-refractivity contribution < 1.29 is 0 Å². The molecule has 0 unspecified atom stereocenters. The van der Waals surface area contributed by atoms with E-state index in [1.54, 1.807) is 11.3 Å². The standard InChI is InChI=1S/C13H14ClNS/c1-10(11-5-3-2-4-6-11)15-9-12-7-8-13(14)16-12/h2-8,10,15H,9H2,1H3/t10-/m0/s1. The van der Waals surface area contributed by atoms with Crippen LogP contribution in [0.3, 0.4) is 0 Å². The summed E-state index contributed by atoms with van der Waals surface area (Å²) in [5.74, 6) is 0. The van der Waals surface area contributed by atoms with Crippen LogP contribution in [0.15, 0.2) is 42.5 Å². The van der Waals surface area contributed by atoms with Crippen LogP contribution in [-0.2, 0) is 6.54 Å². The summed E-state index contributed by atoms with van der Waals surface area (Å²) in [5, 5.41) is 3.48. The summed E-state index contributed by atoms with van der Waals surface area (Å²) in [4.78, 5) is 1.27. The smallest absolute Gasteiger partial charge is 0.0931 e. The van der Waals surface area contributed by atoms with Gasteiger partial charge in [-0.25, -0.2) is 0 Å². The van der Waals surface area contributed by atoms with Gasteiger partial charge in [-0.2, -0.15) is 0 Å². The van der Waals surface area contributed by atoms with E-state index in [1.807, 2.05) is 12.1 Å². The van der Waals surface area contributed by atoms with Gasteiger partial charge in [-0.3, -0.25) is 0 Å². The molecule has 2 aromatic rings. The first-order valence-corrected chi connectivity index (χ1v) is 6.47. The van der Waals surface area contributed by atoms with Crippen LogP contribution in [0, 0.1) is 0 Å². The Kier molecular flexibility index (Phi) is 3.99. The van der Waals surface area contributed by atoms with E-state index in [0.29, 0.717) is 6.04 Å². The lowest BCUT2D eigenvalue weighted by Crippen LogP contribution is -2.17. The Balaban J connectivity index is 1.91. The molecule has 1 N–H and O–H groups in total. The van der Waals surface area contributed by atoms with Crippen LogP contribution in [0.5, 0.6) is 0 Å². The van der Waals surface area contributed by atoms with Crippen molar-refractivity contribution in [2.24, 2.45) is 0 Å². The van der Waals surface area contributed by atoms with Crippen LogP contribution in [0.4, 0.5) is 0 Å². The molecule has 1 heterocycles. The molecule has 0 saturated heterocycles. The van der Waals surface area contributed by atoms with Gasteiger partial charge in [0.25, 0.3) is 0 Å². The van der Waals surface area contributed by atoms with Gasteiger partial charge >= 0.3 is 0 Å². The van der Waals surface area contributed by atoms with E-state index in [1.165, 1.54) is 10.4 Å². The minimum atomic E-state index is 0.363. The molecule has 84 valence electrons. The fraction of sp³-hybridized carbons (Fsp3) is 0.231. The van der Waals surface area contributed by atoms with Gasteiger partial charge in [0.15, 0.2) is 0 Å². The Labute approximate surface area is 105 Å². The zero-order chi connectivity index (χ0) is 11.4. The number of hydrogen-bond donors (Lipinski definition) is 1. The van der Waals surface area contributed by atoms with Crippen LogP contribution in [-0.4, -0.2) is 0 Å². The molecule has 0 aliphatic heterocycles. The third-order valence-corrected chi connectivity index (χ3v) is 3.74. The van der Waals surface area contributed by atoms with Crippen molar-refractivity contribution in [1.82, 2.24) is 5.32 Å². The Hall–Kier alpha value is -0.830. The summed E-state index contributed by atoms with van der Waals surface area (Å²) in [7, 11) is 0. The Morgan fingerprint density at radius 1 is 1.19 bits per heavy atom. The first kappa shape index (κ1) is 11.6. The van der Waals surface area contributed by atoms with E-state index in [-0.39, 0.29) is 0 Å². The fourth-order valence-corrected chi connectivity index (χ4v) is 2.60. The zero-order valence-electron chi connectivity index (χ0n) is 9.11. The van der Waals surface area contributed by atoms with Gasteiger partial charge in [-0.15, -0.1) is 11.3 Å². The predicted octanol–water partition coefficient (Wildman–Crippen LogP) is 4.25. The summed E-state index contributed by atoms with van der Waals surface area (Å²) < 4.78 is 0.851. The number of halogens is 1. The second-order valence-electron chi connectivity index (χ2n) is 3.72. The Bertz CT molecular complexity index is 438. The number of thiophene rings is 1. The van der Waals surface area contributed by atoms with E-state index < -0.39 is 0 Å². The molecule has 2 rings (SSSR count). The minimum Gasteiger partial charge on any atom is -0.305 e. The highest BCUT2D eigenvalue weighted by Crippen LogP contribution is 2.22. The number of nitrogens with one attached hydrogen (secondary N) is 1. The summed E-state index contributed by atoms with van der Waals surface area (Å²) >= 11 is 7.51. The van der Waals surface area contributed by atoms with Gasteiger partial charge in [-0.1, -0.05) is 41.9 Å². The van der Waals surface area contributed by atoms with E-state index in [0.717, 1.165) is 10.9 Å². The van der Waals surface area contributed by atoms with E-state index in [9.17, 15) is 0 Å². The van der Waals surface area contributed by atoms with Gasteiger partial charge in [-0.05, 0) is 24.6 Å². The van der Waals surface area contributed by atoms with Crippen molar-refractivity contribution in [3.63, 3.8) is 0 Å². The lowest BCUT2D eigenvalue weighted by atomic mass is 10.1. The maximum Gasteiger partial charge on any atom is 0.0931 e. The quantitative estimate of drug-likeness (QED) is 0.857. The molecule has 0 bridgehead atoms.